The molecule has 7 heteroatoms. The summed E-state index contributed by atoms with van der Waals surface area (Å²) in [6, 6.07) is 8.39. The number of aliphatic imine (C=N–C) groups is 2. The van der Waals surface area contributed by atoms with Crippen molar-refractivity contribution >= 4 is 17.5 Å². The highest BCUT2D eigenvalue weighted by Crippen LogP contribution is 2.30. The first-order valence-electron chi connectivity index (χ1n) is 9.88. The van der Waals surface area contributed by atoms with Crippen molar-refractivity contribution in [3.63, 3.8) is 0 Å². The number of rotatable bonds is 5. The second-order valence-corrected chi connectivity index (χ2v) is 7.38. The van der Waals surface area contributed by atoms with E-state index in [4.69, 9.17) is 5.73 Å². The predicted octanol–water partition coefficient (Wildman–Crippen LogP) is 2.67. The number of hydrogen-bond acceptors (Lipinski definition) is 3. The van der Waals surface area contributed by atoms with Crippen LogP contribution in [0, 0.1) is 6.92 Å². The summed E-state index contributed by atoms with van der Waals surface area (Å²) in [5.41, 5.74) is 10.4. The van der Waals surface area contributed by atoms with Crippen molar-refractivity contribution in [1.82, 2.24) is 9.55 Å². The molecule has 7 nitrogen and oxygen atoms in total. The quantitative estimate of drug-likeness (QED) is 0.614. The molecule has 1 aliphatic heterocycles. The van der Waals surface area contributed by atoms with Gasteiger partial charge in [-0.05, 0) is 45.2 Å². The van der Waals surface area contributed by atoms with Crippen LogP contribution in [-0.2, 0) is 6.42 Å². The average molecular weight is 383 g/mol. The van der Waals surface area contributed by atoms with Crippen molar-refractivity contribution in [2.75, 3.05) is 18.1 Å². The Morgan fingerprint density at radius 3 is 2.71 bits per heavy atom. The molecule has 0 amide bonds. The van der Waals surface area contributed by atoms with Crippen LogP contribution in [0.4, 0.5) is 5.69 Å². The van der Waals surface area contributed by atoms with Gasteiger partial charge < -0.3 is 20.3 Å². The lowest BCUT2D eigenvalue weighted by molar-refractivity contribution is 0.264. The van der Waals surface area contributed by atoms with E-state index >= 15 is 0 Å². The topological polar surface area (TPSA) is 92.0 Å². The SMILES string of the molecule is CC[C@H](CO)N=C(N)N=C(c1ncn(C(C)C)c1C)N1CCc2ccccc21. The van der Waals surface area contributed by atoms with Crippen molar-refractivity contribution in [1.29, 1.82) is 0 Å². The maximum atomic E-state index is 9.44. The van der Waals surface area contributed by atoms with Crippen LogP contribution in [0.2, 0.25) is 0 Å². The first-order valence-corrected chi connectivity index (χ1v) is 9.88. The number of guanidine groups is 1. The van der Waals surface area contributed by atoms with Crippen molar-refractivity contribution in [3.8, 4) is 0 Å². The zero-order valence-electron chi connectivity index (χ0n) is 17.1. The number of nitrogens with zero attached hydrogens (tertiary/aromatic N) is 5. The first-order chi connectivity index (χ1) is 13.5. The summed E-state index contributed by atoms with van der Waals surface area (Å²) in [7, 11) is 0. The summed E-state index contributed by atoms with van der Waals surface area (Å²) in [5.74, 6) is 0.870. The number of benzene rings is 1. The summed E-state index contributed by atoms with van der Waals surface area (Å²) >= 11 is 0. The lowest BCUT2D eigenvalue weighted by Gasteiger charge is -2.21. The van der Waals surface area contributed by atoms with Crippen molar-refractivity contribution in [2.24, 2.45) is 15.7 Å². The summed E-state index contributed by atoms with van der Waals surface area (Å²) in [6.07, 6.45) is 3.50. The molecular formula is C21H30N6O. The van der Waals surface area contributed by atoms with E-state index in [-0.39, 0.29) is 18.6 Å². The molecule has 0 radical (unpaired) electrons. The fourth-order valence-corrected chi connectivity index (χ4v) is 3.55. The van der Waals surface area contributed by atoms with Crippen molar-refractivity contribution in [2.45, 2.75) is 52.6 Å². The van der Waals surface area contributed by atoms with Crippen LogP contribution in [0.5, 0.6) is 0 Å². The van der Waals surface area contributed by atoms with E-state index in [9.17, 15) is 5.11 Å². The lowest BCUT2D eigenvalue weighted by atomic mass is 10.2. The Morgan fingerprint density at radius 1 is 1.32 bits per heavy atom. The van der Waals surface area contributed by atoms with Gasteiger partial charge in [-0.25, -0.2) is 9.98 Å². The fraction of sp³-hybridized carbons (Fsp3) is 0.476. The first kappa shape index (κ1) is 20.1. The van der Waals surface area contributed by atoms with Crippen LogP contribution >= 0.6 is 0 Å². The van der Waals surface area contributed by atoms with E-state index in [1.807, 2.05) is 19.3 Å². The Hall–Kier alpha value is -2.67. The van der Waals surface area contributed by atoms with Crippen LogP contribution < -0.4 is 10.6 Å². The largest absolute Gasteiger partial charge is 0.394 e. The number of hydrogen-bond donors (Lipinski definition) is 2. The summed E-state index contributed by atoms with van der Waals surface area (Å²) in [6.45, 7) is 9.04. The zero-order chi connectivity index (χ0) is 20.3. The van der Waals surface area contributed by atoms with Crippen molar-refractivity contribution in [3.05, 3.63) is 47.5 Å². The molecule has 0 aliphatic carbocycles. The van der Waals surface area contributed by atoms with Crippen LogP contribution in [0.15, 0.2) is 40.6 Å². The smallest absolute Gasteiger partial charge is 0.217 e. The number of fused-ring (bicyclic) bond motifs is 1. The molecule has 150 valence electrons. The molecule has 2 heterocycles. The number of imidazole rings is 1. The minimum absolute atomic E-state index is 0.0460. The maximum Gasteiger partial charge on any atom is 0.217 e. The van der Waals surface area contributed by atoms with Crippen LogP contribution in [-0.4, -0.2) is 45.6 Å². The molecule has 3 rings (SSSR count). The van der Waals surface area contributed by atoms with Crippen LogP contribution in [0.1, 0.15) is 50.2 Å². The van der Waals surface area contributed by atoms with E-state index in [1.54, 1.807) is 0 Å². The normalized spacial score (nSPS) is 16.0. The highest BCUT2D eigenvalue weighted by molar-refractivity contribution is 6.14. The highest BCUT2D eigenvalue weighted by Gasteiger charge is 2.27. The Morgan fingerprint density at radius 2 is 2.07 bits per heavy atom. The van der Waals surface area contributed by atoms with Gasteiger partial charge in [-0.15, -0.1) is 0 Å². The molecule has 0 fully saturated rings. The third-order valence-electron chi connectivity index (χ3n) is 5.17. The van der Waals surface area contributed by atoms with Crippen molar-refractivity contribution < 1.29 is 5.11 Å². The van der Waals surface area contributed by atoms with Gasteiger partial charge in [0.2, 0.25) is 5.96 Å². The molecule has 1 aromatic heterocycles. The minimum Gasteiger partial charge on any atom is -0.394 e. The number of nitrogens with two attached hydrogens (primary N) is 1. The molecule has 0 bridgehead atoms. The molecule has 1 aromatic carbocycles. The van der Waals surface area contributed by atoms with Gasteiger partial charge in [0.1, 0.15) is 5.69 Å². The fourth-order valence-electron chi connectivity index (χ4n) is 3.55. The number of para-hydroxylation sites is 1. The zero-order valence-corrected chi connectivity index (χ0v) is 17.1. The molecule has 28 heavy (non-hydrogen) atoms. The number of aliphatic hydroxyl groups is 1. The summed E-state index contributed by atoms with van der Waals surface area (Å²) in [4.78, 5) is 15.9. The van der Waals surface area contributed by atoms with E-state index < -0.39 is 0 Å². The van der Waals surface area contributed by atoms with Gasteiger partial charge in [-0.1, -0.05) is 25.1 Å². The molecule has 0 saturated heterocycles. The minimum atomic E-state index is -0.245. The van der Waals surface area contributed by atoms with E-state index in [0.717, 1.165) is 30.0 Å². The molecule has 0 saturated carbocycles. The molecule has 1 atom stereocenters. The van der Waals surface area contributed by atoms with Gasteiger partial charge in [0, 0.05) is 24.0 Å². The third-order valence-corrected chi connectivity index (χ3v) is 5.17. The van der Waals surface area contributed by atoms with Crippen LogP contribution in [0.25, 0.3) is 0 Å². The van der Waals surface area contributed by atoms with Gasteiger partial charge in [0.25, 0.3) is 0 Å². The van der Waals surface area contributed by atoms with E-state index in [0.29, 0.717) is 18.3 Å². The van der Waals surface area contributed by atoms with Gasteiger partial charge in [0.05, 0.1) is 19.0 Å². The second-order valence-electron chi connectivity index (χ2n) is 7.38. The molecule has 0 spiro atoms. The Kier molecular flexibility index (Phi) is 6.14. The lowest BCUT2D eigenvalue weighted by Crippen LogP contribution is -2.33. The molecule has 2 aromatic rings. The highest BCUT2D eigenvalue weighted by atomic mass is 16.3. The predicted molar refractivity (Wildman–Crippen MR) is 114 cm³/mol. The van der Waals surface area contributed by atoms with E-state index in [1.165, 1.54) is 5.56 Å². The molecule has 3 N–H and O–H groups in total. The monoisotopic (exact) mass is 382 g/mol. The molecule has 1 aliphatic rings. The van der Waals surface area contributed by atoms with Crippen LogP contribution in [0.3, 0.4) is 0 Å². The van der Waals surface area contributed by atoms with Gasteiger partial charge >= 0.3 is 0 Å². The Labute approximate surface area is 166 Å². The maximum absolute atomic E-state index is 9.44. The number of aromatic nitrogens is 2. The third kappa shape index (κ3) is 3.94. The number of amidine groups is 1. The molecule has 0 unspecified atom stereocenters. The summed E-state index contributed by atoms with van der Waals surface area (Å²) < 4.78 is 2.13. The Balaban J connectivity index is 2.09. The average Bonchev–Trinajstić information content (AvgIpc) is 3.28. The van der Waals surface area contributed by atoms with Gasteiger partial charge in [0.15, 0.2) is 5.84 Å². The number of aliphatic hydroxyl groups excluding tert-OH is 1. The van der Waals surface area contributed by atoms with Gasteiger partial charge in [-0.3, -0.25) is 0 Å². The second kappa shape index (κ2) is 8.56. The molecular weight excluding hydrogens is 352 g/mol. The number of anilines is 1. The summed E-state index contributed by atoms with van der Waals surface area (Å²) in [5, 5.41) is 9.44. The van der Waals surface area contributed by atoms with Gasteiger partial charge in [-0.2, -0.15) is 4.99 Å². The standard InChI is InChI=1S/C21H30N6O/c1-5-17(12-28)24-21(22)25-20(19-15(4)27(13-23-19)14(2)3)26-11-10-16-8-6-7-9-18(16)26/h6-9,13-14,17,28H,5,10-12H2,1-4H3,(H2,22,24)/t17-/m1/s1. The van der Waals surface area contributed by atoms with E-state index in [2.05, 4.69) is 63.4 Å². The Bertz CT molecular complexity index is 879.